The zero-order chi connectivity index (χ0) is 8.72. The number of nitrogens with zero attached hydrogens (tertiary/aromatic N) is 1. The minimum Gasteiger partial charge on any atom is -0.392 e. The maximum atomic E-state index is 11.2. The largest absolute Gasteiger partial charge is 0.392 e. The summed E-state index contributed by atoms with van der Waals surface area (Å²) in [5.74, 6) is 0.695. The molecule has 2 bridgehead atoms. The summed E-state index contributed by atoms with van der Waals surface area (Å²) in [4.78, 5) is 12.9. The minimum atomic E-state index is -0.163. The summed E-state index contributed by atoms with van der Waals surface area (Å²) in [5.41, 5.74) is 0. The molecule has 68 valence electrons. The Labute approximate surface area is 76.3 Å². The predicted molar refractivity (Wildman–Crippen MR) is 44.9 cm³/mol. The third kappa shape index (κ3) is 1.12. The first-order valence-electron chi connectivity index (χ1n) is 4.24. The van der Waals surface area contributed by atoms with E-state index in [0.717, 1.165) is 6.42 Å². The fourth-order valence-electron chi connectivity index (χ4n) is 2.15. The van der Waals surface area contributed by atoms with Gasteiger partial charge < -0.3 is 10.0 Å². The van der Waals surface area contributed by atoms with E-state index in [9.17, 15) is 9.90 Å². The lowest BCUT2D eigenvalue weighted by Gasteiger charge is -2.50. The second kappa shape index (κ2) is 2.89. The highest BCUT2D eigenvalue weighted by Crippen LogP contribution is 2.39. The molecule has 2 aliphatic heterocycles. The number of aliphatic hydroxyl groups is 1. The first-order valence-corrected chi connectivity index (χ1v) is 4.77. The fraction of sp³-hybridized carbons (Fsp3) is 0.875. The van der Waals surface area contributed by atoms with E-state index in [1.807, 2.05) is 0 Å². The Morgan fingerprint density at radius 2 is 2.08 bits per heavy atom. The quantitative estimate of drug-likeness (QED) is 0.593. The van der Waals surface area contributed by atoms with Gasteiger partial charge in [0, 0.05) is 24.9 Å². The summed E-state index contributed by atoms with van der Waals surface area (Å²) in [5, 5.41) is 9.43. The van der Waals surface area contributed by atoms with Crippen LogP contribution >= 0.6 is 11.6 Å². The highest BCUT2D eigenvalue weighted by Gasteiger charge is 2.46. The van der Waals surface area contributed by atoms with E-state index in [2.05, 4.69) is 0 Å². The molecule has 0 radical (unpaired) electrons. The molecule has 3 aliphatic rings. The van der Waals surface area contributed by atoms with Crippen LogP contribution in [0.5, 0.6) is 0 Å². The summed E-state index contributed by atoms with van der Waals surface area (Å²) < 4.78 is 0. The van der Waals surface area contributed by atoms with Crippen LogP contribution in [0, 0.1) is 11.8 Å². The van der Waals surface area contributed by atoms with Crippen molar-refractivity contribution in [3.63, 3.8) is 0 Å². The fourth-order valence-corrected chi connectivity index (χ4v) is 2.32. The van der Waals surface area contributed by atoms with Crippen LogP contribution in [0.2, 0.25) is 0 Å². The molecule has 1 amide bonds. The Bertz CT molecular complexity index is 197. The molecule has 0 aromatic heterocycles. The highest BCUT2D eigenvalue weighted by atomic mass is 35.5. The van der Waals surface area contributed by atoms with Crippen LogP contribution in [-0.4, -0.2) is 41.0 Å². The molecule has 3 nitrogen and oxygen atoms in total. The average molecular weight is 190 g/mol. The molecular formula is C8H12ClNO2. The van der Waals surface area contributed by atoms with Gasteiger partial charge in [0.25, 0.3) is 0 Å². The standard InChI is InChI=1S/C8H12ClNO2/c9-2-7(11)10-3-5-1-6(4-10)8(5)12/h5-6,8,12H,1-4H2/t5-,6+,8?. The van der Waals surface area contributed by atoms with E-state index in [4.69, 9.17) is 11.6 Å². The summed E-state index contributed by atoms with van der Waals surface area (Å²) in [6.45, 7) is 1.40. The molecule has 0 aromatic rings. The number of fused-ring (bicyclic) bond motifs is 2. The molecule has 2 heterocycles. The zero-order valence-corrected chi connectivity index (χ0v) is 7.50. The number of piperidine rings is 2. The Hall–Kier alpha value is -0.280. The number of hydrogen-bond acceptors (Lipinski definition) is 2. The van der Waals surface area contributed by atoms with Crippen LogP contribution in [0.15, 0.2) is 0 Å². The number of amides is 1. The first kappa shape index (κ1) is 8.32. The third-order valence-corrected chi connectivity index (χ3v) is 3.18. The van der Waals surface area contributed by atoms with Crippen LogP contribution in [0.25, 0.3) is 0 Å². The van der Waals surface area contributed by atoms with Crippen molar-refractivity contribution < 1.29 is 9.90 Å². The van der Waals surface area contributed by atoms with Crippen molar-refractivity contribution >= 4 is 17.5 Å². The Balaban J connectivity index is 1.94. The maximum Gasteiger partial charge on any atom is 0.237 e. The lowest BCUT2D eigenvalue weighted by Crippen LogP contribution is -2.59. The molecule has 1 N–H and O–H groups in total. The van der Waals surface area contributed by atoms with Gasteiger partial charge in [0.1, 0.15) is 5.88 Å². The Morgan fingerprint density at radius 1 is 1.50 bits per heavy atom. The SMILES string of the molecule is O=C(CCl)N1C[C@H]2C[C@@H](C1)C2O. The van der Waals surface area contributed by atoms with Crippen molar-refractivity contribution in [2.24, 2.45) is 11.8 Å². The molecule has 1 aliphatic carbocycles. The molecule has 1 unspecified atom stereocenters. The summed E-state index contributed by atoms with van der Waals surface area (Å²) in [6, 6.07) is 0. The minimum absolute atomic E-state index is 0.00160. The summed E-state index contributed by atoms with van der Waals surface area (Å²) in [6.07, 6.45) is 0.914. The lowest BCUT2D eigenvalue weighted by molar-refractivity contribution is -0.147. The number of aliphatic hydroxyl groups excluding tert-OH is 1. The lowest BCUT2D eigenvalue weighted by atomic mass is 9.68. The summed E-state index contributed by atoms with van der Waals surface area (Å²) in [7, 11) is 0. The molecule has 1 saturated carbocycles. The van der Waals surface area contributed by atoms with Crippen LogP contribution in [0.1, 0.15) is 6.42 Å². The second-order valence-electron chi connectivity index (χ2n) is 3.68. The molecule has 3 rings (SSSR count). The van der Waals surface area contributed by atoms with E-state index in [1.165, 1.54) is 0 Å². The summed E-state index contributed by atoms with van der Waals surface area (Å²) >= 11 is 5.43. The predicted octanol–water partition coefficient (Wildman–Crippen LogP) is 0.0644. The van der Waals surface area contributed by atoms with Crippen molar-refractivity contribution in [1.82, 2.24) is 4.90 Å². The normalized spacial score (nSPS) is 39.2. The molecule has 2 saturated heterocycles. The number of halogens is 1. The van der Waals surface area contributed by atoms with Gasteiger partial charge in [-0.2, -0.15) is 0 Å². The average Bonchev–Trinajstić information content (AvgIpc) is 2.16. The highest BCUT2D eigenvalue weighted by molar-refractivity contribution is 6.27. The molecular weight excluding hydrogens is 178 g/mol. The monoisotopic (exact) mass is 189 g/mol. The van der Waals surface area contributed by atoms with Crippen molar-refractivity contribution in [3.8, 4) is 0 Å². The van der Waals surface area contributed by atoms with Crippen molar-refractivity contribution in [3.05, 3.63) is 0 Å². The maximum absolute atomic E-state index is 11.2. The smallest absolute Gasteiger partial charge is 0.237 e. The number of carbonyl (C=O) groups is 1. The Kier molecular flexibility index (Phi) is 2.00. The topological polar surface area (TPSA) is 40.5 Å². The van der Waals surface area contributed by atoms with E-state index in [0.29, 0.717) is 24.9 Å². The van der Waals surface area contributed by atoms with Crippen molar-refractivity contribution in [2.45, 2.75) is 12.5 Å². The van der Waals surface area contributed by atoms with E-state index in [1.54, 1.807) is 4.90 Å². The van der Waals surface area contributed by atoms with E-state index in [-0.39, 0.29) is 17.9 Å². The first-order chi connectivity index (χ1) is 5.72. The third-order valence-electron chi connectivity index (χ3n) is 2.95. The second-order valence-corrected chi connectivity index (χ2v) is 3.95. The van der Waals surface area contributed by atoms with Crippen LogP contribution in [-0.2, 0) is 4.79 Å². The molecule has 12 heavy (non-hydrogen) atoms. The number of carbonyl (C=O) groups excluding carboxylic acids is 1. The van der Waals surface area contributed by atoms with Gasteiger partial charge >= 0.3 is 0 Å². The van der Waals surface area contributed by atoms with Crippen LogP contribution < -0.4 is 0 Å². The van der Waals surface area contributed by atoms with Gasteiger partial charge in [-0.3, -0.25) is 4.79 Å². The number of alkyl halides is 1. The van der Waals surface area contributed by atoms with Gasteiger partial charge in [-0.1, -0.05) is 0 Å². The Morgan fingerprint density at radius 3 is 2.50 bits per heavy atom. The van der Waals surface area contributed by atoms with Gasteiger partial charge in [-0.05, 0) is 6.42 Å². The van der Waals surface area contributed by atoms with Gasteiger partial charge in [0.15, 0.2) is 0 Å². The van der Waals surface area contributed by atoms with E-state index >= 15 is 0 Å². The van der Waals surface area contributed by atoms with Crippen molar-refractivity contribution in [1.29, 1.82) is 0 Å². The molecule has 3 fully saturated rings. The molecule has 0 aromatic carbocycles. The van der Waals surface area contributed by atoms with E-state index < -0.39 is 0 Å². The number of hydrogen-bond donors (Lipinski definition) is 1. The molecule has 3 atom stereocenters. The van der Waals surface area contributed by atoms with Gasteiger partial charge in [0.2, 0.25) is 5.91 Å². The van der Waals surface area contributed by atoms with Gasteiger partial charge in [-0.25, -0.2) is 0 Å². The number of rotatable bonds is 1. The van der Waals surface area contributed by atoms with Gasteiger partial charge in [0.05, 0.1) is 6.10 Å². The molecule has 0 spiro atoms. The van der Waals surface area contributed by atoms with Crippen molar-refractivity contribution in [2.75, 3.05) is 19.0 Å². The van der Waals surface area contributed by atoms with Crippen LogP contribution in [0.4, 0.5) is 0 Å². The molecule has 4 heteroatoms. The van der Waals surface area contributed by atoms with Gasteiger partial charge in [-0.15, -0.1) is 11.6 Å². The zero-order valence-electron chi connectivity index (χ0n) is 6.74. The van der Waals surface area contributed by atoms with Crippen LogP contribution in [0.3, 0.4) is 0 Å².